The molecule has 0 atom stereocenters. The molecule has 3 nitrogen and oxygen atoms in total. The van der Waals surface area contributed by atoms with E-state index in [9.17, 15) is 10.0 Å². The summed E-state index contributed by atoms with van der Waals surface area (Å²) in [5, 5.41) is 19.1. The third-order valence-corrected chi connectivity index (χ3v) is 3.10. The standard InChI is InChI=1S/C14H14BClO3/c1-10-6-7-14(13(16)8-10)19-9-11-4-2-3-5-12(11)15(17)18/h2-8,17-18H,9H2,1H3. The largest absolute Gasteiger partial charge is 0.488 e. The Morgan fingerprint density at radius 1 is 1.16 bits per heavy atom. The summed E-state index contributed by atoms with van der Waals surface area (Å²) in [6, 6.07) is 12.5. The van der Waals surface area contributed by atoms with Crippen molar-refractivity contribution in [3.05, 3.63) is 58.6 Å². The van der Waals surface area contributed by atoms with Gasteiger partial charge in [0.15, 0.2) is 0 Å². The van der Waals surface area contributed by atoms with E-state index in [2.05, 4.69) is 0 Å². The van der Waals surface area contributed by atoms with Crippen LogP contribution in [0.5, 0.6) is 5.75 Å². The fourth-order valence-corrected chi connectivity index (χ4v) is 2.09. The summed E-state index contributed by atoms with van der Waals surface area (Å²) in [5.74, 6) is 0.578. The Morgan fingerprint density at radius 2 is 1.89 bits per heavy atom. The van der Waals surface area contributed by atoms with E-state index >= 15 is 0 Å². The molecule has 0 radical (unpaired) electrons. The van der Waals surface area contributed by atoms with Gasteiger partial charge in [-0.3, -0.25) is 0 Å². The van der Waals surface area contributed by atoms with E-state index in [1.807, 2.05) is 25.1 Å². The molecule has 19 heavy (non-hydrogen) atoms. The zero-order valence-corrected chi connectivity index (χ0v) is 11.3. The second-order valence-electron chi connectivity index (χ2n) is 4.30. The van der Waals surface area contributed by atoms with Gasteiger partial charge in [0.2, 0.25) is 0 Å². The summed E-state index contributed by atoms with van der Waals surface area (Å²) in [4.78, 5) is 0. The van der Waals surface area contributed by atoms with Crippen molar-refractivity contribution in [2.45, 2.75) is 13.5 Å². The van der Waals surface area contributed by atoms with Gasteiger partial charge in [0.25, 0.3) is 0 Å². The first kappa shape index (κ1) is 13.9. The Morgan fingerprint density at radius 3 is 2.58 bits per heavy atom. The summed E-state index contributed by atoms with van der Waals surface area (Å²) in [6.45, 7) is 2.18. The molecule has 0 bridgehead atoms. The predicted octanol–water partition coefficient (Wildman–Crippen LogP) is 1.91. The number of benzene rings is 2. The molecule has 0 fully saturated rings. The molecule has 0 saturated heterocycles. The van der Waals surface area contributed by atoms with Gasteiger partial charge in [-0.25, -0.2) is 0 Å². The average molecular weight is 277 g/mol. The van der Waals surface area contributed by atoms with Gasteiger partial charge in [0, 0.05) is 0 Å². The fourth-order valence-electron chi connectivity index (χ4n) is 1.80. The van der Waals surface area contributed by atoms with Gasteiger partial charge in [-0.2, -0.15) is 0 Å². The highest BCUT2D eigenvalue weighted by molar-refractivity contribution is 6.59. The molecule has 0 aliphatic heterocycles. The Kier molecular flexibility index (Phi) is 4.48. The number of hydrogen-bond acceptors (Lipinski definition) is 3. The lowest BCUT2D eigenvalue weighted by molar-refractivity contribution is 0.306. The topological polar surface area (TPSA) is 49.7 Å². The van der Waals surface area contributed by atoms with Gasteiger partial charge in [-0.05, 0) is 35.6 Å². The van der Waals surface area contributed by atoms with Crippen molar-refractivity contribution in [1.82, 2.24) is 0 Å². The zero-order valence-electron chi connectivity index (χ0n) is 10.5. The molecular weight excluding hydrogens is 262 g/mol. The summed E-state index contributed by atoms with van der Waals surface area (Å²) in [7, 11) is -1.51. The molecule has 0 unspecified atom stereocenters. The third-order valence-electron chi connectivity index (χ3n) is 2.80. The minimum absolute atomic E-state index is 0.233. The molecule has 0 saturated carbocycles. The van der Waals surface area contributed by atoms with Gasteiger partial charge < -0.3 is 14.8 Å². The lowest BCUT2D eigenvalue weighted by Crippen LogP contribution is -2.33. The van der Waals surface area contributed by atoms with Crippen LogP contribution in [0.1, 0.15) is 11.1 Å². The molecule has 0 aliphatic carbocycles. The van der Waals surface area contributed by atoms with E-state index in [0.717, 1.165) is 5.56 Å². The van der Waals surface area contributed by atoms with Crippen LogP contribution in [0.4, 0.5) is 0 Å². The molecule has 0 aliphatic rings. The summed E-state index contributed by atoms with van der Waals surface area (Å²) >= 11 is 6.07. The van der Waals surface area contributed by atoms with Crippen molar-refractivity contribution >= 4 is 24.2 Å². The average Bonchev–Trinajstić information content (AvgIpc) is 2.38. The van der Waals surface area contributed by atoms with Crippen LogP contribution < -0.4 is 10.2 Å². The molecule has 2 aromatic carbocycles. The van der Waals surface area contributed by atoms with Gasteiger partial charge in [-0.15, -0.1) is 0 Å². The highest BCUT2D eigenvalue weighted by Crippen LogP contribution is 2.25. The van der Waals surface area contributed by atoms with Crippen LogP contribution >= 0.6 is 11.6 Å². The smallest absolute Gasteiger partial charge is 0.487 e. The maximum absolute atomic E-state index is 9.27. The molecule has 5 heteroatoms. The number of aryl methyl sites for hydroxylation is 1. The molecular formula is C14H14BClO3. The molecule has 0 aromatic heterocycles. The molecule has 98 valence electrons. The highest BCUT2D eigenvalue weighted by atomic mass is 35.5. The van der Waals surface area contributed by atoms with E-state index in [1.54, 1.807) is 24.3 Å². The van der Waals surface area contributed by atoms with Crippen molar-refractivity contribution in [3.63, 3.8) is 0 Å². The van der Waals surface area contributed by atoms with Gasteiger partial charge in [0.05, 0.1) is 5.02 Å². The van der Waals surface area contributed by atoms with Crippen LogP contribution in [0, 0.1) is 6.92 Å². The molecule has 0 amide bonds. The van der Waals surface area contributed by atoms with Crippen molar-refractivity contribution in [2.24, 2.45) is 0 Å². The summed E-state index contributed by atoms with van der Waals surface area (Å²) in [5.41, 5.74) is 2.21. The summed E-state index contributed by atoms with van der Waals surface area (Å²) < 4.78 is 5.61. The van der Waals surface area contributed by atoms with Crippen molar-refractivity contribution in [2.75, 3.05) is 0 Å². The van der Waals surface area contributed by atoms with Crippen LogP contribution in [-0.4, -0.2) is 17.2 Å². The third kappa shape index (κ3) is 3.50. The highest BCUT2D eigenvalue weighted by Gasteiger charge is 2.15. The molecule has 2 rings (SSSR count). The maximum atomic E-state index is 9.27. The lowest BCUT2D eigenvalue weighted by atomic mass is 9.77. The van der Waals surface area contributed by atoms with Crippen LogP contribution in [0.15, 0.2) is 42.5 Å². The monoisotopic (exact) mass is 276 g/mol. The van der Waals surface area contributed by atoms with Gasteiger partial charge in [-0.1, -0.05) is 41.9 Å². The zero-order chi connectivity index (χ0) is 13.8. The second kappa shape index (κ2) is 6.11. The minimum atomic E-state index is -1.51. The van der Waals surface area contributed by atoms with Gasteiger partial charge >= 0.3 is 7.12 Å². The SMILES string of the molecule is Cc1ccc(OCc2ccccc2B(O)O)c(Cl)c1. The van der Waals surface area contributed by atoms with Gasteiger partial charge in [0.1, 0.15) is 12.4 Å². The first-order valence-electron chi connectivity index (χ1n) is 5.91. The van der Waals surface area contributed by atoms with Crippen LogP contribution in [-0.2, 0) is 6.61 Å². The van der Waals surface area contributed by atoms with Crippen LogP contribution in [0.3, 0.4) is 0 Å². The number of hydrogen-bond donors (Lipinski definition) is 2. The lowest BCUT2D eigenvalue weighted by Gasteiger charge is -2.11. The molecule has 2 N–H and O–H groups in total. The Balaban J connectivity index is 2.14. The molecule has 2 aromatic rings. The molecule has 0 heterocycles. The van der Waals surface area contributed by atoms with Crippen LogP contribution in [0.25, 0.3) is 0 Å². The number of halogens is 1. The Labute approximate surface area is 117 Å². The van der Waals surface area contributed by atoms with Crippen molar-refractivity contribution in [3.8, 4) is 5.75 Å². The minimum Gasteiger partial charge on any atom is -0.487 e. The Hall–Kier alpha value is -1.49. The summed E-state index contributed by atoms with van der Waals surface area (Å²) in [6.07, 6.45) is 0. The quantitative estimate of drug-likeness (QED) is 0.839. The normalized spacial score (nSPS) is 10.3. The maximum Gasteiger partial charge on any atom is 0.488 e. The first-order chi connectivity index (χ1) is 9.08. The van der Waals surface area contributed by atoms with E-state index in [4.69, 9.17) is 16.3 Å². The number of ether oxygens (including phenoxy) is 1. The van der Waals surface area contributed by atoms with E-state index in [-0.39, 0.29) is 6.61 Å². The molecule has 0 spiro atoms. The van der Waals surface area contributed by atoms with Crippen molar-refractivity contribution in [1.29, 1.82) is 0 Å². The Bertz CT molecular complexity index is 572. The first-order valence-corrected chi connectivity index (χ1v) is 6.28. The fraction of sp³-hybridized carbons (Fsp3) is 0.143. The van der Waals surface area contributed by atoms with E-state index in [0.29, 0.717) is 21.8 Å². The van der Waals surface area contributed by atoms with E-state index < -0.39 is 7.12 Å². The van der Waals surface area contributed by atoms with Crippen molar-refractivity contribution < 1.29 is 14.8 Å². The second-order valence-corrected chi connectivity index (χ2v) is 4.70. The van der Waals surface area contributed by atoms with E-state index in [1.165, 1.54) is 0 Å². The predicted molar refractivity (Wildman–Crippen MR) is 76.8 cm³/mol. The van der Waals surface area contributed by atoms with Crippen LogP contribution in [0.2, 0.25) is 5.02 Å². The number of rotatable bonds is 4.